The van der Waals surface area contributed by atoms with Crippen molar-refractivity contribution in [1.82, 2.24) is 10.3 Å². The molecule has 1 unspecified atom stereocenters. The van der Waals surface area contributed by atoms with Gasteiger partial charge in [-0.25, -0.2) is 0 Å². The van der Waals surface area contributed by atoms with Crippen LogP contribution in [0.1, 0.15) is 60.0 Å². The van der Waals surface area contributed by atoms with Crippen LogP contribution < -0.4 is 10.6 Å². The Morgan fingerprint density at radius 3 is 2.68 bits per heavy atom. The number of amides is 2. The summed E-state index contributed by atoms with van der Waals surface area (Å²) in [6.45, 7) is 7.49. The maximum atomic E-state index is 12.7. The molecule has 0 radical (unpaired) electrons. The lowest BCUT2D eigenvalue weighted by atomic mass is 9.86. The van der Waals surface area contributed by atoms with E-state index in [1.165, 1.54) is 12.3 Å². The summed E-state index contributed by atoms with van der Waals surface area (Å²) < 4.78 is 5.51. The van der Waals surface area contributed by atoms with Gasteiger partial charge in [-0.1, -0.05) is 39.0 Å². The van der Waals surface area contributed by atoms with Crippen LogP contribution >= 0.6 is 0 Å². The predicted octanol–water partition coefficient (Wildman–Crippen LogP) is 3.54. The Balaban J connectivity index is 1.70. The molecular weight excluding hydrogens is 354 g/mol. The normalized spacial score (nSPS) is 16.6. The smallest absolute Gasteiger partial charge is 0.269 e. The number of para-hydroxylation sites is 1. The van der Waals surface area contributed by atoms with Gasteiger partial charge in [-0.05, 0) is 42.0 Å². The van der Waals surface area contributed by atoms with E-state index in [-0.39, 0.29) is 29.0 Å². The van der Waals surface area contributed by atoms with E-state index in [0.29, 0.717) is 12.1 Å². The molecule has 6 nitrogen and oxygen atoms in total. The first kappa shape index (κ1) is 20.0. The number of aromatic nitrogens is 1. The standard InChI is InChI=1S/C22H27N3O3/c1-22(2,3)17-8-4-5-9-18(17)25-20(26)15-10-11-23-19(13-15)21(27)24-14-16-7-6-12-28-16/h4-5,8-11,13,16H,6-7,12,14H2,1-3H3,(H,24,27)(H,25,26). The van der Waals surface area contributed by atoms with Gasteiger partial charge in [0.25, 0.3) is 11.8 Å². The van der Waals surface area contributed by atoms with Crippen LogP contribution in [0.4, 0.5) is 5.69 Å². The molecule has 148 valence electrons. The number of carbonyl (C=O) groups excluding carboxylic acids is 2. The fourth-order valence-corrected chi connectivity index (χ4v) is 3.24. The van der Waals surface area contributed by atoms with Crippen LogP contribution in [-0.2, 0) is 10.2 Å². The molecule has 3 rings (SSSR count). The first-order chi connectivity index (χ1) is 13.3. The Morgan fingerprint density at radius 1 is 1.18 bits per heavy atom. The van der Waals surface area contributed by atoms with E-state index < -0.39 is 0 Å². The van der Waals surface area contributed by atoms with Crippen LogP contribution in [0.15, 0.2) is 42.6 Å². The summed E-state index contributed by atoms with van der Waals surface area (Å²) >= 11 is 0. The molecule has 6 heteroatoms. The first-order valence-corrected chi connectivity index (χ1v) is 9.61. The van der Waals surface area contributed by atoms with E-state index >= 15 is 0 Å². The number of benzene rings is 1. The first-order valence-electron chi connectivity index (χ1n) is 9.61. The number of hydrogen-bond donors (Lipinski definition) is 2. The molecule has 1 atom stereocenters. The van der Waals surface area contributed by atoms with Gasteiger partial charge in [0, 0.05) is 30.6 Å². The lowest BCUT2D eigenvalue weighted by Crippen LogP contribution is -2.32. The Labute approximate surface area is 165 Å². The van der Waals surface area contributed by atoms with Crippen LogP contribution in [0.2, 0.25) is 0 Å². The highest BCUT2D eigenvalue weighted by atomic mass is 16.5. The minimum Gasteiger partial charge on any atom is -0.376 e. The molecule has 2 heterocycles. The third-order valence-electron chi connectivity index (χ3n) is 4.75. The average Bonchev–Trinajstić information content (AvgIpc) is 3.19. The van der Waals surface area contributed by atoms with Crippen molar-refractivity contribution in [3.63, 3.8) is 0 Å². The van der Waals surface area contributed by atoms with Gasteiger partial charge in [-0.15, -0.1) is 0 Å². The molecule has 1 aliphatic heterocycles. The summed E-state index contributed by atoms with van der Waals surface area (Å²) in [5.41, 5.74) is 2.32. The lowest BCUT2D eigenvalue weighted by Gasteiger charge is -2.23. The SMILES string of the molecule is CC(C)(C)c1ccccc1NC(=O)c1ccnc(C(=O)NCC2CCCO2)c1. The van der Waals surface area contributed by atoms with Crippen molar-refractivity contribution in [1.29, 1.82) is 0 Å². The third kappa shape index (κ3) is 4.95. The Kier molecular flexibility index (Phi) is 6.09. The summed E-state index contributed by atoms with van der Waals surface area (Å²) in [4.78, 5) is 29.2. The van der Waals surface area contributed by atoms with E-state index in [1.807, 2.05) is 24.3 Å². The number of carbonyl (C=O) groups is 2. The fourth-order valence-electron chi connectivity index (χ4n) is 3.24. The van der Waals surface area contributed by atoms with E-state index in [9.17, 15) is 9.59 Å². The number of nitrogens with zero attached hydrogens (tertiary/aromatic N) is 1. The molecule has 1 saturated heterocycles. The number of pyridine rings is 1. The number of hydrogen-bond acceptors (Lipinski definition) is 4. The Hall–Kier alpha value is -2.73. The van der Waals surface area contributed by atoms with E-state index in [0.717, 1.165) is 30.7 Å². The van der Waals surface area contributed by atoms with Crippen molar-refractivity contribution in [2.45, 2.75) is 45.1 Å². The monoisotopic (exact) mass is 381 g/mol. The molecule has 0 bridgehead atoms. The molecule has 2 N–H and O–H groups in total. The van der Waals surface area contributed by atoms with E-state index in [1.54, 1.807) is 6.07 Å². The molecule has 1 aliphatic rings. The van der Waals surface area contributed by atoms with Gasteiger partial charge in [0.15, 0.2) is 0 Å². The van der Waals surface area contributed by atoms with Gasteiger partial charge < -0.3 is 15.4 Å². The molecule has 2 amide bonds. The summed E-state index contributed by atoms with van der Waals surface area (Å²) in [5, 5.41) is 5.79. The molecular formula is C22H27N3O3. The zero-order valence-corrected chi connectivity index (χ0v) is 16.6. The second kappa shape index (κ2) is 8.52. The zero-order chi connectivity index (χ0) is 20.1. The minimum absolute atomic E-state index is 0.0596. The molecule has 0 spiro atoms. The summed E-state index contributed by atoms with van der Waals surface area (Å²) in [5.74, 6) is -0.576. The fraction of sp³-hybridized carbons (Fsp3) is 0.409. The van der Waals surface area contributed by atoms with Crippen molar-refractivity contribution in [3.8, 4) is 0 Å². The second-order valence-electron chi connectivity index (χ2n) is 8.02. The third-order valence-corrected chi connectivity index (χ3v) is 4.75. The number of rotatable bonds is 5. The lowest BCUT2D eigenvalue weighted by molar-refractivity contribution is 0.0853. The Bertz CT molecular complexity index is 852. The van der Waals surface area contributed by atoms with Crippen LogP contribution in [0.25, 0.3) is 0 Å². The molecule has 1 aromatic carbocycles. The second-order valence-corrected chi connectivity index (χ2v) is 8.02. The maximum Gasteiger partial charge on any atom is 0.269 e. The number of ether oxygens (including phenoxy) is 1. The van der Waals surface area contributed by atoms with Crippen LogP contribution in [0.5, 0.6) is 0 Å². The quantitative estimate of drug-likeness (QED) is 0.830. The highest BCUT2D eigenvalue weighted by Gasteiger charge is 2.20. The van der Waals surface area contributed by atoms with Gasteiger partial charge in [0.1, 0.15) is 5.69 Å². The van der Waals surface area contributed by atoms with Crippen LogP contribution in [0, 0.1) is 0 Å². The molecule has 0 aliphatic carbocycles. The summed E-state index contributed by atoms with van der Waals surface area (Å²) in [7, 11) is 0. The van der Waals surface area contributed by atoms with Crippen molar-refractivity contribution in [3.05, 3.63) is 59.4 Å². The average molecular weight is 381 g/mol. The molecule has 1 aromatic heterocycles. The Morgan fingerprint density at radius 2 is 1.96 bits per heavy atom. The van der Waals surface area contributed by atoms with Crippen LogP contribution in [-0.4, -0.2) is 36.1 Å². The van der Waals surface area contributed by atoms with E-state index in [4.69, 9.17) is 4.74 Å². The number of nitrogens with one attached hydrogen (secondary N) is 2. The molecule has 1 fully saturated rings. The van der Waals surface area contributed by atoms with Crippen molar-refractivity contribution in [2.24, 2.45) is 0 Å². The van der Waals surface area contributed by atoms with E-state index in [2.05, 4.69) is 36.4 Å². The summed E-state index contributed by atoms with van der Waals surface area (Å²) in [6.07, 6.45) is 3.50. The molecule has 2 aromatic rings. The van der Waals surface area contributed by atoms with Gasteiger partial charge >= 0.3 is 0 Å². The highest BCUT2D eigenvalue weighted by Crippen LogP contribution is 2.29. The van der Waals surface area contributed by atoms with Gasteiger partial charge in [0.05, 0.1) is 6.10 Å². The predicted molar refractivity (Wildman–Crippen MR) is 109 cm³/mol. The largest absolute Gasteiger partial charge is 0.376 e. The van der Waals surface area contributed by atoms with Gasteiger partial charge in [-0.3, -0.25) is 14.6 Å². The van der Waals surface area contributed by atoms with Crippen LogP contribution in [0.3, 0.4) is 0 Å². The topological polar surface area (TPSA) is 80.3 Å². The summed E-state index contributed by atoms with van der Waals surface area (Å²) in [6, 6.07) is 10.9. The minimum atomic E-state index is -0.305. The molecule has 28 heavy (non-hydrogen) atoms. The zero-order valence-electron chi connectivity index (χ0n) is 16.6. The highest BCUT2D eigenvalue weighted by molar-refractivity contribution is 6.06. The van der Waals surface area contributed by atoms with Crippen molar-refractivity contribution in [2.75, 3.05) is 18.5 Å². The van der Waals surface area contributed by atoms with Gasteiger partial charge in [-0.2, -0.15) is 0 Å². The van der Waals surface area contributed by atoms with Crippen molar-refractivity contribution < 1.29 is 14.3 Å². The maximum absolute atomic E-state index is 12.7. The van der Waals surface area contributed by atoms with Crippen molar-refractivity contribution >= 4 is 17.5 Å². The number of anilines is 1. The molecule has 0 saturated carbocycles. The van der Waals surface area contributed by atoms with Gasteiger partial charge in [0.2, 0.25) is 0 Å².